The molecule has 1 saturated heterocycles. The summed E-state index contributed by atoms with van der Waals surface area (Å²) < 4.78 is 7.49. The Morgan fingerprint density at radius 3 is 3.05 bits per heavy atom. The molecular formula is C16H19N5O. The molecule has 6 heteroatoms. The lowest BCUT2D eigenvalue weighted by molar-refractivity contribution is 0.198. The van der Waals surface area contributed by atoms with Crippen LogP contribution in [0.2, 0.25) is 0 Å². The van der Waals surface area contributed by atoms with Gasteiger partial charge in [-0.15, -0.1) is 0 Å². The summed E-state index contributed by atoms with van der Waals surface area (Å²) >= 11 is 0. The van der Waals surface area contributed by atoms with Crippen molar-refractivity contribution in [3.8, 4) is 11.5 Å². The number of hydrogen-bond donors (Lipinski definition) is 0. The largest absolute Gasteiger partial charge is 0.337 e. The number of hydrogen-bond acceptors (Lipinski definition) is 5. The molecular weight excluding hydrogens is 278 g/mol. The summed E-state index contributed by atoms with van der Waals surface area (Å²) in [6, 6.07) is 6.12. The zero-order valence-corrected chi connectivity index (χ0v) is 12.6. The first-order chi connectivity index (χ1) is 10.8. The highest BCUT2D eigenvalue weighted by Gasteiger charge is 2.25. The van der Waals surface area contributed by atoms with Gasteiger partial charge in [-0.3, -0.25) is 4.90 Å². The highest BCUT2D eigenvalue weighted by molar-refractivity contribution is 5.54. The molecule has 22 heavy (non-hydrogen) atoms. The minimum absolute atomic E-state index is 0.223. The lowest BCUT2D eigenvalue weighted by atomic mass is 10.1. The molecule has 1 aliphatic rings. The second-order valence-electron chi connectivity index (χ2n) is 5.89. The van der Waals surface area contributed by atoms with E-state index < -0.39 is 0 Å². The van der Waals surface area contributed by atoms with Gasteiger partial charge in [-0.05, 0) is 38.6 Å². The van der Waals surface area contributed by atoms with E-state index in [2.05, 4.69) is 27.1 Å². The van der Waals surface area contributed by atoms with Crippen molar-refractivity contribution in [2.24, 2.45) is 0 Å². The summed E-state index contributed by atoms with van der Waals surface area (Å²) in [5.74, 6) is 1.27. The number of pyridine rings is 1. The first-order valence-electron chi connectivity index (χ1n) is 7.79. The molecule has 3 aromatic heterocycles. The monoisotopic (exact) mass is 297 g/mol. The number of likely N-dealkylation sites (tertiary alicyclic amines) is 1. The van der Waals surface area contributed by atoms with Crippen LogP contribution in [0.25, 0.3) is 17.2 Å². The highest BCUT2D eigenvalue weighted by Crippen LogP contribution is 2.29. The Kier molecular flexibility index (Phi) is 3.38. The van der Waals surface area contributed by atoms with E-state index >= 15 is 0 Å². The van der Waals surface area contributed by atoms with E-state index in [4.69, 9.17) is 4.52 Å². The minimum Gasteiger partial charge on any atom is -0.337 e. The zero-order chi connectivity index (χ0) is 14.9. The Morgan fingerprint density at radius 1 is 1.18 bits per heavy atom. The third kappa shape index (κ3) is 2.39. The first-order valence-corrected chi connectivity index (χ1v) is 7.79. The Bertz CT molecular complexity index is 745. The van der Waals surface area contributed by atoms with Crippen molar-refractivity contribution >= 4 is 5.65 Å². The molecule has 3 aromatic rings. The van der Waals surface area contributed by atoms with E-state index in [0.717, 1.165) is 24.3 Å². The van der Waals surface area contributed by atoms with Crippen LogP contribution in [-0.2, 0) is 0 Å². The Labute approximate surface area is 128 Å². The molecule has 1 aliphatic heterocycles. The molecule has 0 amide bonds. The van der Waals surface area contributed by atoms with Gasteiger partial charge >= 0.3 is 0 Å². The summed E-state index contributed by atoms with van der Waals surface area (Å²) in [7, 11) is 2.13. The van der Waals surface area contributed by atoms with E-state index in [0.29, 0.717) is 11.7 Å². The molecule has 0 aliphatic carbocycles. The molecule has 0 aromatic carbocycles. The van der Waals surface area contributed by atoms with E-state index in [1.54, 1.807) is 0 Å². The predicted molar refractivity (Wildman–Crippen MR) is 82.3 cm³/mol. The normalized spacial score (nSPS) is 20.3. The molecule has 1 atom stereocenters. The van der Waals surface area contributed by atoms with Gasteiger partial charge in [-0.1, -0.05) is 24.1 Å². The van der Waals surface area contributed by atoms with Gasteiger partial charge in [0.15, 0.2) is 0 Å². The minimum atomic E-state index is 0.223. The van der Waals surface area contributed by atoms with Crippen LogP contribution in [0.1, 0.15) is 37.6 Å². The zero-order valence-electron chi connectivity index (χ0n) is 12.6. The molecule has 114 valence electrons. The quantitative estimate of drug-likeness (QED) is 0.728. The SMILES string of the molecule is CN1CCCCC[C@H]1c1nc(-c2cn3ccccc3n2)no1. The van der Waals surface area contributed by atoms with Gasteiger partial charge < -0.3 is 8.92 Å². The summed E-state index contributed by atoms with van der Waals surface area (Å²) in [4.78, 5) is 11.5. The van der Waals surface area contributed by atoms with Gasteiger partial charge in [0.05, 0.1) is 6.04 Å². The average Bonchev–Trinajstić information content (AvgIpc) is 3.12. The van der Waals surface area contributed by atoms with Crippen molar-refractivity contribution in [3.05, 3.63) is 36.5 Å². The number of aromatic nitrogens is 4. The molecule has 4 heterocycles. The number of nitrogens with zero attached hydrogens (tertiary/aromatic N) is 5. The van der Waals surface area contributed by atoms with Crippen molar-refractivity contribution in [2.75, 3.05) is 13.6 Å². The molecule has 0 spiro atoms. The summed E-state index contributed by atoms with van der Waals surface area (Å²) in [6.45, 7) is 1.08. The molecule has 4 rings (SSSR count). The van der Waals surface area contributed by atoms with E-state index in [1.165, 1.54) is 19.3 Å². The predicted octanol–water partition coefficient (Wildman–Crippen LogP) is 2.93. The maximum absolute atomic E-state index is 5.53. The molecule has 0 bridgehead atoms. The van der Waals surface area contributed by atoms with E-state index in [-0.39, 0.29) is 6.04 Å². The van der Waals surface area contributed by atoms with Gasteiger partial charge in [0, 0.05) is 12.4 Å². The van der Waals surface area contributed by atoms with Crippen LogP contribution in [-0.4, -0.2) is 38.0 Å². The highest BCUT2D eigenvalue weighted by atomic mass is 16.5. The third-order valence-corrected chi connectivity index (χ3v) is 4.34. The summed E-state index contributed by atoms with van der Waals surface area (Å²) in [5, 5.41) is 4.13. The summed E-state index contributed by atoms with van der Waals surface area (Å²) in [5.41, 5.74) is 1.63. The Morgan fingerprint density at radius 2 is 2.14 bits per heavy atom. The van der Waals surface area contributed by atoms with Crippen LogP contribution >= 0.6 is 0 Å². The summed E-state index contributed by atoms with van der Waals surface area (Å²) in [6.07, 6.45) is 8.69. The van der Waals surface area contributed by atoms with Crippen molar-refractivity contribution in [1.82, 2.24) is 24.4 Å². The smallest absolute Gasteiger partial charge is 0.244 e. The Hall–Kier alpha value is -2.21. The third-order valence-electron chi connectivity index (χ3n) is 4.34. The number of fused-ring (bicyclic) bond motifs is 1. The van der Waals surface area contributed by atoms with Crippen molar-refractivity contribution in [3.63, 3.8) is 0 Å². The number of imidazole rings is 1. The van der Waals surface area contributed by atoms with E-state index in [1.807, 2.05) is 35.0 Å². The second-order valence-corrected chi connectivity index (χ2v) is 5.89. The molecule has 0 N–H and O–H groups in total. The van der Waals surface area contributed by atoms with Crippen LogP contribution < -0.4 is 0 Å². The maximum Gasteiger partial charge on any atom is 0.244 e. The van der Waals surface area contributed by atoms with Gasteiger partial charge in [0.1, 0.15) is 11.3 Å². The molecule has 0 unspecified atom stereocenters. The molecule has 0 saturated carbocycles. The standard InChI is InChI=1S/C16H19N5O/c1-20-9-5-2-3-7-13(20)16-18-15(19-22-16)12-11-21-10-6-4-8-14(21)17-12/h4,6,8,10-11,13H,2-3,5,7,9H2,1H3/t13-/m0/s1. The maximum atomic E-state index is 5.53. The van der Waals surface area contributed by atoms with Gasteiger partial charge in [-0.2, -0.15) is 4.98 Å². The van der Waals surface area contributed by atoms with Crippen molar-refractivity contribution in [2.45, 2.75) is 31.7 Å². The van der Waals surface area contributed by atoms with Gasteiger partial charge in [-0.25, -0.2) is 4.98 Å². The average molecular weight is 297 g/mol. The fourth-order valence-corrected chi connectivity index (χ4v) is 3.08. The van der Waals surface area contributed by atoms with Gasteiger partial charge in [0.25, 0.3) is 0 Å². The topological polar surface area (TPSA) is 59.5 Å². The lowest BCUT2D eigenvalue weighted by Gasteiger charge is -2.21. The molecule has 0 radical (unpaired) electrons. The van der Waals surface area contributed by atoms with Crippen molar-refractivity contribution in [1.29, 1.82) is 0 Å². The second kappa shape index (κ2) is 5.53. The van der Waals surface area contributed by atoms with Gasteiger partial charge in [0.2, 0.25) is 11.7 Å². The Balaban J connectivity index is 1.65. The molecule has 6 nitrogen and oxygen atoms in total. The molecule has 1 fully saturated rings. The van der Waals surface area contributed by atoms with Crippen LogP contribution in [0, 0.1) is 0 Å². The fraction of sp³-hybridized carbons (Fsp3) is 0.438. The van der Waals surface area contributed by atoms with Crippen LogP contribution in [0.15, 0.2) is 35.1 Å². The van der Waals surface area contributed by atoms with Crippen LogP contribution in [0.4, 0.5) is 0 Å². The lowest BCUT2D eigenvalue weighted by Crippen LogP contribution is -2.24. The van der Waals surface area contributed by atoms with Crippen molar-refractivity contribution < 1.29 is 4.52 Å². The van der Waals surface area contributed by atoms with Crippen LogP contribution in [0.5, 0.6) is 0 Å². The van der Waals surface area contributed by atoms with Crippen LogP contribution in [0.3, 0.4) is 0 Å². The number of rotatable bonds is 2. The van der Waals surface area contributed by atoms with E-state index in [9.17, 15) is 0 Å². The first kappa shape index (κ1) is 13.5. The fourth-order valence-electron chi connectivity index (χ4n) is 3.08.